The summed E-state index contributed by atoms with van der Waals surface area (Å²) in [4.78, 5) is 11.9. The topological polar surface area (TPSA) is 41.1 Å². The highest BCUT2D eigenvalue weighted by Gasteiger charge is 2.04. The van der Waals surface area contributed by atoms with Crippen molar-refractivity contribution in [3.63, 3.8) is 0 Å². The van der Waals surface area contributed by atoms with Crippen molar-refractivity contribution in [2.75, 3.05) is 13.1 Å². The van der Waals surface area contributed by atoms with Gasteiger partial charge in [-0.15, -0.1) is 0 Å². The molecule has 0 spiro atoms. The zero-order valence-corrected chi connectivity index (χ0v) is 11.1. The Hall–Kier alpha value is -1.61. The van der Waals surface area contributed by atoms with E-state index in [9.17, 15) is 4.79 Å². The van der Waals surface area contributed by atoms with Gasteiger partial charge in [0.15, 0.2) is 0 Å². The molecule has 0 fully saturated rings. The zero-order chi connectivity index (χ0) is 13.2. The molecule has 0 saturated carbocycles. The molecule has 0 bridgehead atoms. The fourth-order valence-electron chi connectivity index (χ4n) is 1.50. The SMILES string of the molecule is CC(C)NCCCNC(=O)C1=C/C=C\C=C/C=C\1. The molecule has 2 N–H and O–H groups in total. The van der Waals surface area contributed by atoms with Crippen molar-refractivity contribution in [3.05, 3.63) is 48.1 Å². The van der Waals surface area contributed by atoms with Gasteiger partial charge in [0.05, 0.1) is 0 Å². The van der Waals surface area contributed by atoms with Crippen LogP contribution in [0.15, 0.2) is 48.1 Å². The van der Waals surface area contributed by atoms with Crippen molar-refractivity contribution in [1.82, 2.24) is 10.6 Å². The molecule has 1 aliphatic carbocycles. The molecular weight excluding hydrogens is 224 g/mol. The average Bonchev–Trinajstić information content (AvgIpc) is 2.27. The minimum atomic E-state index is -0.0178. The molecule has 3 heteroatoms. The smallest absolute Gasteiger partial charge is 0.251 e. The van der Waals surface area contributed by atoms with Crippen LogP contribution in [0.2, 0.25) is 0 Å². The van der Waals surface area contributed by atoms with E-state index in [0.717, 1.165) is 13.0 Å². The number of carbonyl (C=O) groups excluding carboxylic acids is 1. The zero-order valence-electron chi connectivity index (χ0n) is 11.1. The largest absolute Gasteiger partial charge is 0.352 e. The molecule has 0 unspecified atom stereocenters. The van der Waals surface area contributed by atoms with Gasteiger partial charge >= 0.3 is 0 Å². The second-order valence-electron chi connectivity index (χ2n) is 4.47. The van der Waals surface area contributed by atoms with Crippen molar-refractivity contribution in [3.8, 4) is 0 Å². The standard InChI is InChI=1S/C15H22N2O/c1-13(2)16-11-8-12-17-15(18)14-9-6-4-3-5-7-10-14/h3-7,9-10,13,16H,8,11-12H2,1-2H3,(H,17,18)/b4-3-,5-3?,6-4?,7-5-,9-6-,10-7?,14-9?,14-10+. The summed E-state index contributed by atoms with van der Waals surface area (Å²) in [6.07, 6.45) is 14.1. The number of hydrogen-bond acceptors (Lipinski definition) is 2. The summed E-state index contributed by atoms with van der Waals surface area (Å²) in [6, 6.07) is 0.494. The van der Waals surface area contributed by atoms with Gasteiger partial charge in [0, 0.05) is 18.2 Å². The average molecular weight is 246 g/mol. The monoisotopic (exact) mass is 246 g/mol. The first-order valence-electron chi connectivity index (χ1n) is 6.43. The third-order valence-corrected chi connectivity index (χ3v) is 2.45. The molecule has 1 aliphatic rings. The van der Waals surface area contributed by atoms with Crippen LogP contribution in [0.3, 0.4) is 0 Å². The lowest BCUT2D eigenvalue weighted by Gasteiger charge is -2.09. The number of allylic oxidation sites excluding steroid dienone is 6. The lowest BCUT2D eigenvalue weighted by atomic mass is 10.1. The number of hydrogen-bond donors (Lipinski definition) is 2. The van der Waals surface area contributed by atoms with Crippen molar-refractivity contribution >= 4 is 5.91 Å². The fraction of sp³-hybridized carbons (Fsp3) is 0.400. The van der Waals surface area contributed by atoms with Crippen LogP contribution in [0.1, 0.15) is 20.3 Å². The van der Waals surface area contributed by atoms with Gasteiger partial charge in [-0.3, -0.25) is 4.79 Å². The summed E-state index contributed by atoms with van der Waals surface area (Å²) in [5.41, 5.74) is 0.687. The van der Waals surface area contributed by atoms with Crippen LogP contribution in [0, 0.1) is 0 Å². The summed E-state index contributed by atoms with van der Waals surface area (Å²) in [6.45, 7) is 5.85. The first-order valence-corrected chi connectivity index (χ1v) is 6.43. The van der Waals surface area contributed by atoms with Gasteiger partial charge in [-0.2, -0.15) is 0 Å². The van der Waals surface area contributed by atoms with Crippen LogP contribution in [0.25, 0.3) is 0 Å². The molecule has 0 aliphatic heterocycles. The van der Waals surface area contributed by atoms with E-state index < -0.39 is 0 Å². The van der Waals surface area contributed by atoms with E-state index in [-0.39, 0.29) is 5.91 Å². The predicted octanol–water partition coefficient (Wildman–Crippen LogP) is 2.10. The van der Waals surface area contributed by atoms with Gasteiger partial charge in [0.2, 0.25) is 0 Å². The minimum Gasteiger partial charge on any atom is -0.352 e. The van der Waals surface area contributed by atoms with Crippen LogP contribution in [-0.4, -0.2) is 25.0 Å². The van der Waals surface area contributed by atoms with Crippen molar-refractivity contribution in [2.24, 2.45) is 0 Å². The molecular formula is C15H22N2O. The van der Waals surface area contributed by atoms with E-state index in [2.05, 4.69) is 24.5 Å². The van der Waals surface area contributed by atoms with Crippen LogP contribution in [0.4, 0.5) is 0 Å². The first-order chi connectivity index (χ1) is 8.70. The number of amides is 1. The summed E-state index contributed by atoms with van der Waals surface area (Å²) >= 11 is 0. The minimum absolute atomic E-state index is 0.0178. The van der Waals surface area contributed by atoms with Crippen LogP contribution in [0.5, 0.6) is 0 Å². The van der Waals surface area contributed by atoms with Crippen LogP contribution < -0.4 is 10.6 Å². The van der Waals surface area contributed by atoms with Crippen LogP contribution in [-0.2, 0) is 4.79 Å². The quantitative estimate of drug-likeness (QED) is 0.705. The Bertz CT molecular complexity index is 376. The van der Waals surface area contributed by atoms with Gasteiger partial charge in [-0.1, -0.05) is 44.2 Å². The van der Waals surface area contributed by atoms with E-state index in [4.69, 9.17) is 0 Å². The highest BCUT2D eigenvalue weighted by molar-refractivity contribution is 5.96. The molecule has 18 heavy (non-hydrogen) atoms. The first kappa shape index (κ1) is 14.5. The molecule has 1 amide bonds. The van der Waals surface area contributed by atoms with E-state index in [0.29, 0.717) is 18.2 Å². The third kappa shape index (κ3) is 6.21. The highest BCUT2D eigenvalue weighted by Crippen LogP contribution is 2.01. The Morgan fingerprint density at radius 3 is 2.61 bits per heavy atom. The Kier molecular flexibility index (Phi) is 6.81. The number of nitrogens with one attached hydrogen (secondary N) is 2. The molecule has 0 aromatic carbocycles. The van der Waals surface area contributed by atoms with Crippen molar-refractivity contribution in [1.29, 1.82) is 0 Å². The third-order valence-electron chi connectivity index (χ3n) is 2.45. The van der Waals surface area contributed by atoms with E-state index in [1.54, 1.807) is 0 Å². The summed E-state index contributed by atoms with van der Waals surface area (Å²) in [5, 5.41) is 6.23. The molecule has 3 nitrogen and oxygen atoms in total. The van der Waals surface area contributed by atoms with Crippen LogP contribution >= 0.6 is 0 Å². The lowest BCUT2D eigenvalue weighted by Crippen LogP contribution is -2.30. The predicted molar refractivity (Wildman–Crippen MR) is 76.3 cm³/mol. The summed E-state index contributed by atoms with van der Waals surface area (Å²) in [5.74, 6) is -0.0178. The van der Waals surface area contributed by atoms with Gasteiger partial charge in [0.25, 0.3) is 5.91 Å². The maximum atomic E-state index is 11.9. The summed E-state index contributed by atoms with van der Waals surface area (Å²) < 4.78 is 0. The number of carbonyl (C=O) groups is 1. The second kappa shape index (κ2) is 8.48. The maximum absolute atomic E-state index is 11.9. The van der Waals surface area contributed by atoms with E-state index in [1.165, 1.54) is 0 Å². The van der Waals surface area contributed by atoms with Gasteiger partial charge < -0.3 is 10.6 Å². The van der Waals surface area contributed by atoms with E-state index >= 15 is 0 Å². The van der Waals surface area contributed by atoms with Gasteiger partial charge in [-0.25, -0.2) is 0 Å². The van der Waals surface area contributed by atoms with Crippen molar-refractivity contribution < 1.29 is 4.79 Å². The van der Waals surface area contributed by atoms with Crippen molar-refractivity contribution in [2.45, 2.75) is 26.3 Å². The molecule has 0 atom stereocenters. The highest BCUT2D eigenvalue weighted by atomic mass is 16.1. The lowest BCUT2D eigenvalue weighted by molar-refractivity contribution is -0.117. The normalized spacial score (nSPS) is 22.5. The molecule has 0 saturated heterocycles. The molecule has 1 rings (SSSR count). The summed E-state index contributed by atoms with van der Waals surface area (Å²) in [7, 11) is 0. The maximum Gasteiger partial charge on any atom is 0.251 e. The number of rotatable bonds is 6. The Balaban J connectivity index is 2.28. The molecule has 0 aromatic heterocycles. The van der Waals surface area contributed by atoms with Gasteiger partial charge in [0.1, 0.15) is 0 Å². The fourth-order valence-corrected chi connectivity index (χ4v) is 1.50. The van der Waals surface area contributed by atoms with Gasteiger partial charge in [-0.05, 0) is 25.1 Å². The van der Waals surface area contributed by atoms with E-state index in [1.807, 2.05) is 42.5 Å². The molecule has 0 heterocycles. The Morgan fingerprint density at radius 1 is 1.11 bits per heavy atom. The molecule has 98 valence electrons. The molecule has 0 radical (unpaired) electrons. The molecule has 0 aromatic rings. The Labute approximate surface area is 109 Å². The Morgan fingerprint density at radius 2 is 1.83 bits per heavy atom. The second-order valence-corrected chi connectivity index (χ2v) is 4.47.